The second-order valence-electron chi connectivity index (χ2n) is 13.0. The number of nitrogens with zero attached hydrogens (tertiary/aromatic N) is 2. The Labute approximate surface area is 200 Å². The van der Waals surface area contributed by atoms with Gasteiger partial charge in [-0.3, -0.25) is 4.90 Å². The van der Waals surface area contributed by atoms with E-state index in [1.54, 1.807) is 0 Å². The van der Waals surface area contributed by atoms with Gasteiger partial charge < -0.3 is 0 Å². The Morgan fingerprint density at radius 2 is 1.33 bits per heavy atom. The molecule has 2 heteroatoms. The molecule has 172 valence electrons. The molecule has 3 heterocycles. The molecule has 0 N–H and O–H groups in total. The SMILES string of the molecule is CC(C)(C)c1cc(C(C)(C)C)c(N2Cc3cccc4[n+]3C2c2ccccc2-4)c(C(C)(C)C)c1. The van der Waals surface area contributed by atoms with E-state index in [1.165, 1.54) is 44.9 Å². The summed E-state index contributed by atoms with van der Waals surface area (Å²) in [7, 11) is 0. The van der Waals surface area contributed by atoms with Crippen molar-refractivity contribution in [2.24, 2.45) is 0 Å². The van der Waals surface area contributed by atoms with Crippen molar-refractivity contribution >= 4 is 5.69 Å². The first-order valence-electron chi connectivity index (χ1n) is 12.4. The van der Waals surface area contributed by atoms with Crippen LogP contribution in [0.5, 0.6) is 0 Å². The predicted octanol–water partition coefficient (Wildman–Crippen LogP) is 7.41. The van der Waals surface area contributed by atoms with Gasteiger partial charge in [0.05, 0.1) is 16.8 Å². The molecule has 2 aliphatic heterocycles. The van der Waals surface area contributed by atoms with Crippen LogP contribution in [0, 0.1) is 0 Å². The average molecular weight is 440 g/mol. The Hall–Kier alpha value is -2.61. The molecular weight excluding hydrogens is 400 g/mol. The number of fused-ring (bicyclic) bond motifs is 3. The standard InChI is InChI=1S/C31H39N2/c1-29(2,3)20-17-24(30(4,5)6)27(25(18-20)31(7,8)9)32-19-21-13-12-16-26-22-14-10-11-15-23(22)28(32)33(21)26/h10-18,28H,19H2,1-9H3/q+1. The molecular formula is C31H39N2+. The fourth-order valence-corrected chi connectivity index (χ4v) is 5.59. The van der Waals surface area contributed by atoms with Crippen LogP contribution in [0.3, 0.4) is 0 Å². The predicted molar refractivity (Wildman–Crippen MR) is 139 cm³/mol. The van der Waals surface area contributed by atoms with Crippen molar-refractivity contribution in [2.75, 3.05) is 4.90 Å². The maximum atomic E-state index is 2.69. The quantitative estimate of drug-likeness (QED) is 0.358. The molecule has 0 saturated heterocycles. The summed E-state index contributed by atoms with van der Waals surface area (Å²) < 4.78 is 2.57. The lowest BCUT2D eigenvalue weighted by Gasteiger charge is -2.37. The highest BCUT2D eigenvalue weighted by Gasteiger charge is 2.49. The van der Waals surface area contributed by atoms with Crippen LogP contribution < -0.4 is 9.47 Å². The summed E-state index contributed by atoms with van der Waals surface area (Å²) in [6.45, 7) is 22.2. The zero-order chi connectivity index (χ0) is 23.9. The smallest absolute Gasteiger partial charge is 0.262 e. The molecule has 5 rings (SSSR count). The molecule has 2 aromatic carbocycles. The number of aromatic nitrogens is 1. The highest BCUT2D eigenvalue weighted by molar-refractivity contribution is 5.71. The van der Waals surface area contributed by atoms with Crippen LogP contribution >= 0.6 is 0 Å². The van der Waals surface area contributed by atoms with Gasteiger partial charge in [-0.1, -0.05) is 86.6 Å². The lowest BCUT2D eigenvalue weighted by Crippen LogP contribution is -2.42. The highest BCUT2D eigenvalue weighted by Crippen LogP contribution is 2.49. The van der Waals surface area contributed by atoms with Crippen molar-refractivity contribution in [3.8, 4) is 11.3 Å². The van der Waals surface area contributed by atoms with E-state index in [0.717, 1.165) is 6.54 Å². The maximum Gasteiger partial charge on any atom is 0.262 e. The Bertz CT molecular complexity index is 1210. The van der Waals surface area contributed by atoms with Gasteiger partial charge in [-0.15, -0.1) is 0 Å². The fourth-order valence-electron chi connectivity index (χ4n) is 5.59. The molecule has 0 saturated carbocycles. The van der Waals surface area contributed by atoms with Gasteiger partial charge in [-0.2, -0.15) is 4.57 Å². The third kappa shape index (κ3) is 3.41. The lowest BCUT2D eigenvalue weighted by atomic mass is 9.73. The van der Waals surface area contributed by atoms with E-state index in [4.69, 9.17) is 0 Å². The summed E-state index contributed by atoms with van der Waals surface area (Å²) in [5.41, 5.74) is 11.5. The molecule has 3 aromatic rings. The van der Waals surface area contributed by atoms with Gasteiger partial charge >= 0.3 is 0 Å². The second-order valence-corrected chi connectivity index (χ2v) is 13.0. The van der Waals surface area contributed by atoms with Crippen molar-refractivity contribution in [3.63, 3.8) is 0 Å². The monoisotopic (exact) mass is 439 g/mol. The van der Waals surface area contributed by atoms with Gasteiger partial charge in [0.2, 0.25) is 11.4 Å². The van der Waals surface area contributed by atoms with Gasteiger partial charge in [-0.25, -0.2) is 0 Å². The summed E-state index contributed by atoms with van der Waals surface area (Å²) in [5, 5.41) is 0. The normalized spacial score (nSPS) is 17.4. The summed E-state index contributed by atoms with van der Waals surface area (Å²) in [6.07, 6.45) is 0.218. The fraction of sp³-hybridized carbons (Fsp3) is 0.452. The van der Waals surface area contributed by atoms with E-state index in [9.17, 15) is 0 Å². The summed E-state index contributed by atoms with van der Waals surface area (Å²) in [4.78, 5) is 2.69. The summed E-state index contributed by atoms with van der Waals surface area (Å²) >= 11 is 0. The minimum atomic E-state index is 0.0387. The molecule has 0 fully saturated rings. The van der Waals surface area contributed by atoms with E-state index < -0.39 is 0 Å². The van der Waals surface area contributed by atoms with Crippen LogP contribution in [0.4, 0.5) is 5.69 Å². The van der Waals surface area contributed by atoms with Crippen LogP contribution in [0.1, 0.15) is 96.4 Å². The van der Waals surface area contributed by atoms with Crippen LogP contribution in [0.15, 0.2) is 54.6 Å². The minimum Gasteiger partial charge on any atom is -0.299 e. The third-order valence-electron chi connectivity index (χ3n) is 7.38. The number of rotatable bonds is 1. The van der Waals surface area contributed by atoms with E-state index in [1.807, 2.05) is 0 Å². The van der Waals surface area contributed by atoms with Crippen molar-refractivity contribution in [3.05, 3.63) is 82.5 Å². The highest BCUT2D eigenvalue weighted by atomic mass is 15.4. The van der Waals surface area contributed by atoms with Crippen molar-refractivity contribution in [2.45, 2.75) is 91.3 Å². The van der Waals surface area contributed by atoms with Gasteiger partial charge in [-0.05, 0) is 51.1 Å². The molecule has 1 aromatic heterocycles. The number of pyridine rings is 1. The molecule has 2 aliphatic rings. The zero-order valence-corrected chi connectivity index (χ0v) is 21.9. The first-order chi connectivity index (χ1) is 15.3. The molecule has 0 radical (unpaired) electrons. The minimum absolute atomic E-state index is 0.0387. The van der Waals surface area contributed by atoms with Crippen LogP contribution in [0.2, 0.25) is 0 Å². The van der Waals surface area contributed by atoms with Crippen molar-refractivity contribution < 1.29 is 4.57 Å². The number of benzene rings is 2. The molecule has 2 nitrogen and oxygen atoms in total. The van der Waals surface area contributed by atoms with Crippen molar-refractivity contribution in [1.29, 1.82) is 0 Å². The maximum absolute atomic E-state index is 2.69. The first kappa shape index (κ1) is 22.2. The number of anilines is 1. The summed E-state index contributed by atoms with van der Waals surface area (Å²) in [6, 6.07) is 20.8. The Balaban J connectivity index is 1.83. The summed E-state index contributed by atoms with van der Waals surface area (Å²) in [5.74, 6) is 0. The molecule has 0 spiro atoms. The van der Waals surface area contributed by atoms with E-state index in [2.05, 4.69) is 126 Å². The topological polar surface area (TPSA) is 7.12 Å². The number of hydrogen-bond donors (Lipinski definition) is 0. The van der Waals surface area contributed by atoms with Gasteiger partial charge in [0.15, 0.2) is 0 Å². The van der Waals surface area contributed by atoms with Crippen LogP contribution in [-0.2, 0) is 22.8 Å². The largest absolute Gasteiger partial charge is 0.299 e. The number of hydrogen-bond acceptors (Lipinski definition) is 1. The van der Waals surface area contributed by atoms with Gasteiger partial charge in [0.25, 0.3) is 6.17 Å². The zero-order valence-electron chi connectivity index (χ0n) is 21.9. The Kier molecular flexibility index (Phi) is 4.67. The molecule has 0 amide bonds. The molecule has 33 heavy (non-hydrogen) atoms. The van der Waals surface area contributed by atoms with Crippen LogP contribution in [-0.4, -0.2) is 0 Å². The molecule has 1 unspecified atom stereocenters. The van der Waals surface area contributed by atoms with Crippen LogP contribution in [0.25, 0.3) is 11.3 Å². The molecule has 0 aliphatic carbocycles. The van der Waals surface area contributed by atoms with Gasteiger partial charge in [0.1, 0.15) is 6.54 Å². The van der Waals surface area contributed by atoms with Gasteiger partial charge in [0, 0.05) is 12.1 Å². The molecule has 1 atom stereocenters. The average Bonchev–Trinajstić information content (AvgIpc) is 3.25. The van der Waals surface area contributed by atoms with Crippen molar-refractivity contribution in [1.82, 2.24) is 0 Å². The third-order valence-corrected chi connectivity index (χ3v) is 7.38. The molecule has 0 bridgehead atoms. The van der Waals surface area contributed by atoms with E-state index in [-0.39, 0.29) is 22.4 Å². The van der Waals surface area contributed by atoms with E-state index in [0.29, 0.717) is 0 Å². The lowest BCUT2D eigenvalue weighted by molar-refractivity contribution is -0.690. The second kappa shape index (κ2) is 6.95. The van der Waals surface area contributed by atoms with E-state index >= 15 is 0 Å². The first-order valence-corrected chi connectivity index (χ1v) is 12.4. The Morgan fingerprint density at radius 1 is 0.727 bits per heavy atom. The Morgan fingerprint density at radius 3 is 1.91 bits per heavy atom.